The van der Waals surface area contributed by atoms with Gasteiger partial charge < -0.3 is 10.3 Å². The van der Waals surface area contributed by atoms with Crippen LogP contribution in [0.5, 0.6) is 0 Å². The third-order valence-electron chi connectivity index (χ3n) is 3.58. The molecule has 3 nitrogen and oxygen atoms in total. The summed E-state index contributed by atoms with van der Waals surface area (Å²) in [6, 6.07) is 6.06. The van der Waals surface area contributed by atoms with Crippen molar-refractivity contribution in [2.45, 2.75) is 38.0 Å². The summed E-state index contributed by atoms with van der Waals surface area (Å²) < 4.78 is 2.39. The molecule has 0 bridgehead atoms. The Morgan fingerprint density at radius 3 is 3.11 bits per heavy atom. The SMILES string of the molecule is CCc1nc2cc(N)ccc2n1CC1CCCS1. The molecule has 0 radical (unpaired) electrons. The first-order valence-corrected chi connectivity index (χ1v) is 7.69. The molecule has 4 heteroatoms. The Bertz CT molecular complexity index is 555. The van der Waals surface area contributed by atoms with Gasteiger partial charge in [0, 0.05) is 23.9 Å². The van der Waals surface area contributed by atoms with E-state index >= 15 is 0 Å². The molecule has 0 amide bonds. The van der Waals surface area contributed by atoms with E-state index in [-0.39, 0.29) is 0 Å². The Kier molecular flexibility index (Phi) is 3.20. The molecule has 1 aromatic heterocycles. The third kappa shape index (κ3) is 2.09. The van der Waals surface area contributed by atoms with Crippen molar-refractivity contribution in [2.24, 2.45) is 0 Å². The zero-order chi connectivity index (χ0) is 12.5. The maximum atomic E-state index is 5.83. The largest absolute Gasteiger partial charge is 0.399 e. The Hall–Kier alpha value is -1.16. The number of hydrogen-bond acceptors (Lipinski definition) is 3. The summed E-state index contributed by atoms with van der Waals surface area (Å²) >= 11 is 2.10. The van der Waals surface area contributed by atoms with Crippen LogP contribution in [0.4, 0.5) is 5.69 Å². The number of aryl methyl sites for hydroxylation is 1. The smallest absolute Gasteiger partial charge is 0.109 e. The summed E-state index contributed by atoms with van der Waals surface area (Å²) in [5, 5.41) is 0.755. The Morgan fingerprint density at radius 1 is 1.50 bits per heavy atom. The van der Waals surface area contributed by atoms with Gasteiger partial charge >= 0.3 is 0 Å². The van der Waals surface area contributed by atoms with Crippen molar-refractivity contribution in [3.8, 4) is 0 Å². The van der Waals surface area contributed by atoms with Crippen LogP contribution in [0.15, 0.2) is 18.2 Å². The summed E-state index contributed by atoms with van der Waals surface area (Å²) in [6.45, 7) is 3.26. The molecule has 0 saturated carbocycles. The number of rotatable bonds is 3. The second-order valence-electron chi connectivity index (χ2n) is 4.88. The predicted molar refractivity (Wildman–Crippen MR) is 79.0 cm³/mol. The lowest BCUT2D eigenvalue weighted by atomic mass is 10.2. The van der Waals surface area contributed by atoms with Crippen molar-refractivity contribution in [1.82, 2.24) is 9.55 Å². The molecule has 1 atom stereocenters. The number of imidazole rings is 1. The molecular weight excluding hydrogens is 242 g/mol. The van der Waals surface area contributed by atoms with E-state index in [9.17, 15) is 0 Å². The van der Waals surface area contributed by atoms with Crippen molar-refractivity contribution in [1.29, 1.82) is 0 Å². The summed E-state index contributed by atoms with van der Waals surface area (Å²) in [6.07, 6.45) is 3.67. The summed E-state index contributed by atoms with van der Waals surface area (Å²) in [5.74, 6) is 2.49. The Morgan fingerprint density at radius 2 is 2.39 bits per heavy atom. The van der Waals surface area contributed by atoms with E-state index in [1.807, 2.05) is 12.1 Å². The van der Waals surface area contributed by atoms with E-state index in [1.54, 1.807) is 0 Å². The lowest BCUT2D eigenvalue weighted by Gasteiger charge is -2.13. The molecule has 1 fully saturated rings. The van der Waals surface area contributed by atoms with Gasteiger partial charge in [0.15, 0.2) is 0 Å². The summed E-state index contributed by atoms with van der Waals surface area (Å²) in [4.78, 5) is 4.71. The van der Waals surface area contributed by atoms with Crippen molar-refractivity contribution < 1.29 is 0 Å². The molecular formula is C14H19N3S. The van der Waals surface area contributed by atoms with Crippen LogP contribution in [0.1, 0.15) is 25.6 Å². The summed E-state index contributed by atoms with van der Waals surface area (Å²) in [5.41, 5.74) is 8.90. The Labute approximate surface area is 112 Å². The fourth-order valence-corrected chi connectivity index (χ4v) is 3.92. The molecule has 2 heterocycles. The molecule has 2 N–H and O–H groups in total. The van der Waals surface area contributed by atoms with Crippen LogP contribution in [-0.2, 0) is 13.0 Å². The van der Waals surface area contributed by atoms with E-state index < -0.39 is 0 Å². The molecule has 1 unspecified atom stereocenters. The molecule has 1 saturated heterocycles. The molecule has 18 heavy (non-hydrogen) atoms. The van der Waals surface area contributed by atoms with Gasteiger partial charge in [-0.15, -0.1) is 0 Å². The topological polar surface area (TPSA) is 43.8 Å². The minimum atomic E-state index is 0.755. The van der Waals surface area contributed by atoms with Crippen LogP contribution in [0.2, 0.25) is 0 Å². The van der Waals surface area contributed by atoms with Gasteiger partial charge in [0.1, 0.15) is 5.82 Å². The van der Waals surface area contributed by atoms with E-state index in [1.165, 1.54) is 29.9 Å². The Balaban J connectivity index is 2.01. The second-order valence-corrected chi connectivity index (χ2v) is 6.28. The number of thioether (sulfide) groups is 1. The second kappa shape index (κ2) is 4.84. The van der Waals surface area contributed by atoms with Crippen molar-refractivity contribution in [2.75, 3.05) is 11.5 Å². The third-order valence-corrected chi connectivity index (χ3v) is 4.96. The van der Waals surface area contributed by atoms with E-state index in [0.717, 1.165) is 29.4 Å². The average molecular weight is 261 g/mol. The molecule has 1 aliphatic heterocycles. The van der Waals surface area contributed by atoms with Gasteiger partial charge in [0.2, 0.25) is 0 Å². The van der Waals surface area contributed by atoms with Crippen LogP contribution in [0, 0.1) is 0 Å². The number of nitrogen functional groups attached to an aromatic ring is 1. The fourth-order valence-electron chi connectivity index (χ4n) is 2.66. The van der Waals surface area contributed by atoms with Crippen molar-refractivity contribution in [3.05, 3.63) is 24.0 Å². The lowest BCUT2D eigenvalue weighted by Crippen LogP contribution is -2.12. The molecule has 96 valence electrons. The van der Waals surface area contributed by atoms with Gasteiger partial charge in [-0.1, -0.05) is 6.92 Å². The molecule has 0 spiro atoms. The highest BCUT2D eigenvalue weighted by Crippen LogP contribution is 2.29. The van der Waals surface area contributed by atoms with Gasteiger partial charge in [0.05, 0.1) is 11.0 Å². The van der Waals surface area contributed by atoms with Crippen LogP contribution in [0.25, 0.3) is 11.0 Å². The number of nitrogens with two attached hydrogens (primary N) is 1. The predicted octanol–water partition coefficient (Wildman–Crippen LogP) is 3.08. The van der Waals surface area contributed by atoms with E-state index in [0.29, 0.717) is 0 Å². The highest BCUT2D eigenvalue weighted by atomic mass is 32.2. The van der Waals surface area contributed by atoms with Gasteiger partial charge in [-0.3, -0.25) is 0 Å². The number of anilines is 1. The van der Waals surface area contributed by atoms with Gasteiger partial charge in [-0.25, -0.2) is 4.98 Å². The minimum Gasteiger partial charge on any atom is -0.399 e. The van der Waals surface area contributed by atoms with Gasteiger partial charge in [-0.2, -0.15) is 11.8 Å². The highest BCUT2D eigenvalue weighted by molar-refractivity contribution is 8.00. The lowest BCUT2D eigenvalue weighted by molar-refractivity contribution is 0.626. The quantitative estimate of drug-likeness (QED) is 0.864. The molecule has 2 aromatic rings. The monoisotopic (exact) mass is 261 g/mol. The number of hydrogen-bond donors (Lipinski definition) is 1. The number of nitrogens with zero attached hydrogens (tertiary/aromatic N) is 2. The molecule has 3 rings (SSSR count). The first-order chi connectivity index (χ1) is 8.78. The number of benzene rings is 1. The van der Waals surface area contributed by atoms with Gasteiger partial charge in [0.25, 0.3) is 0 Å². The first kappa shape index (κ1) is 11.9. The van der Waals surface area contributed by atoms with Crippen LogP contribution >= 0.6 is 11.8 Å². The number of aromatic nitrogens is 2. The van der Waals surface area contributed by atoms with Crippen LogP contribution < -0.4 is 5.73 Å². The zero-order valence-electron chi connectivity index (χ0n) is 10.7. The summed E-state index contributed by atoms with van der Waals surface area (Å²) in [7, 11) is 0. The molecule has 0 aliphatic carbocycles. The van der Waals surface area contributed by atoms with Crippen molar-refractivity contribution >= 4 is 28.5 Å². The van der Waals surface area contributed by atoms with Crippen LogP contribution in [0.3, 0.4) is 0 Å². The zero-order valence-corrected chi connectivity index (χ0v) is 11.5. The molecule has 1 aliphatic rings. The van der Waals surface area contributed by atoms with Crippen molar-refractivity contribution in [3.63, 3.8) is 0 Å². The standard InChI is InChI=1S/C14H19N3S/c1-2-14-16-12-8-10(15)5-6-13(12)17(14)9-11-4-3-7-18-11/h5-6,8,11H,2-4,7,9,15H2,1H3. The maximum Gasteiger partial charge on any atom is 0.109 e. The number of fused-ring (bicyclic) bond motifs is 1. The van der Waals surface area contributed by atoms with E-state index in [2.05, 4.69) is 29.3 Å². The minimum absolute atomic E-state index is 0.755. The van der Waals surface area contributed by atoms with Crippen LogP contribution in [-0.4, -0.2) is 20.6 Å². The normalized spacial score (nSPS) is 19.7. The molecule has 1 aromatic carbocycles. The highest BCUT2D eigenvalue weighted by Gasteiger charge is 2.19. The maximum absolute atomic E-state index is 5.83. The first-order valence-electron chi connectivity index (χ1n) is 6.64. The van der Waals surface area contributed by atoms with Gasteiger partial charge in [-0.05, 0) is 36.8 Å². The van der Waals surface area contributed by atoms with E-state index in [4.69, 9.17) is 10.7 Å². The average Bonchev–Trinajstić information content (AvgIpc) is 2.97. The fraction of sp³-hybridized carbons (Fsp3) is 0.500.